The van der Waals surface area contributed by atoms with Crippen LogP contribution in [0.25, 0.3) is 5.69 Å². The van der Waals surface area contributed by atoms with E-state index in [1.807, 2.05) is 30.3 Å². The van der Waals surface area contributed by atoms with Crippen molar-refractivity contribution in [1.29, 1.82) is 0 Å². The standard InChI is InChI=1S/C15H20N2O/c1-3-5-11-14-13(4-2)15(18)17(16-14)12-9-7-6-8-10-12/h6-10,18H,3-5,11H2,1-2H3. The summed E-state index contributed by atoms with van der Waals surface area (Å²) in [6, 6.07) is 9.77. The molecule has 0 spiro atoms. The highest BCUT2D eigenvalue weighted by atomic mass is 16.3. The van der Waals surface area contributed by atoms with Gasteiger partial charge in [0.05, 0.1) is 11.4 Å². The smallest absolute Gasteiger partial charge is 0.217 e. The van der Waals surface area contributed by atoms with Crippen molar-refractivity contribution in [2.75, 3.05) is 0 Å². The molecule has 1 heterocycles. The molecule has 0 bridgehead atoms. The summed E-state index contributed by atoms with van der Waals surface area (Å²) in [6.45, 7) is 4.22. The minimum atomic E-state index is 0.287. The minimum absolute atomic E-state index is 0.287. The molecule has 18 heavy (non-hydrogen) atoms. The van der Waals surface area contributed by atoms with Crippen LogP contribution in [0.3, 0.4) is 0 Å². The Morgan fingerprint density at radius 1 is 1.17 bits per heavy atom. The van der Waals surface area contributed by atoms with Gasteiger partial charge in [-0.15, -0.1) is 0 Å². The molecule has 0 aliphatic rings. The van der Waals surface area contributed by atoms with Gasteiger partial charge in [0.25, 0.3) is 0 Å². The highest BCUT2D eigenvalue weighted by Gasteiger charge is 2.15. The van der Waals surface area contributed by atoms with Gasteiger partial charge < -0.3 is 5.11 Å². The zero-order valence-corrected chi connectivity index (χ0v) is 11.1. The van der Waals surface area contributed by atoms with Crippen molar-refractivity contribution in [1.82, 2.24) is 9.78 Å². The van der Waals surface area contributed by atoms with Gasteiger partial charge in [-0.3, -0.25) is 0 Å². The molecule has 0 fully saturated rings. The van der Waals surface area contributed by atoms with Crippen LogP contribution in [0.4, 0.5) is 0 Å². The first kappa shape index (κ1) is 12.7. The van der Waals surface area contributed by atoms with Gasteiger partial charge in [0.1, 0.15) is 0 Å². The Morgan fingerprint density at radius 3 is 2.50 bits per heavy atom. The summed E-state index contributed by atoms with van der Waals surface area (Å²) in [6.07, 6.45) is 4.01. The predicted molar refractivity (Wildman–Crippen MR) is 73.2 cm³/mol. The quantitative estimate of drug-likeness (QED) is 0.874. The second kappa shape index (κ2) is 5.71. The van der Waals surface area contributed by atoms with Crippen LogP contribution >= 0.6 is 0 Å². The lowest BCUT2D eigenvalue weighted by Crippen LogP contribution is -1.96. The second-order valence-electron chi connectivity index (χ2n) is 4.45. The molecule has 0 saturated heterocycles. The van der Waals surface area contributed by atoms with E-state index in [-0.39, 0.29) is 5.88 Å². The van der Waals surface area contributed by atoms with E-state index in [2.05, 4.69) is 18.9 Å². The van der Waals surface area contributed by atoms with E-state index in [0.29, 0.717) is 0 Å². The lowest BCUT2D eigenvalue weighted by Gasteiger charge is -2.02. The molecule has 3 heteroatoms. The van der Waals surface area contributed by atoms with Crippen LogP contribution in [0.15, 0.2) is 30.3 Å². The van der Waals surface area contributed by atoms with Crippen LogP contribution in [0, 0.1) is 0 Å². The van der Waals surface area contributed by atoms with Crippen molar-refractivity contribution in [3.8, 4) is 11.6 Å². The van der Waals surface area contributed by atoms with Gasteiger partial charge in [-0.2, -0.15) is 5.10 Å². The molecule has 2 rings (SSSR count). The summed E-state index contributed by atoms with van der Waals surface area (Å²) in [5, 5.41) is 14.8. The summed E-state index contributed by atoms with van der Waals surface area (Å²) < 4.78 is 1.64. The summed E-state index contributed by atoms with van der Waals surface area (Å²) in [7, 11) is 0. The van der Waals surface area contributed by atoms with Crippen molar-refractivity contribution in [3.05, 3.63) is 41.6 Å². The largest absolute Gasteiger partial charge is 0.493 e. The number of hydrogen-bond donors (Lipinski definition) is 1. The number of aromatic nitrogens is 2. The number of para-hydroxylation sites is 1. The fourth-order valence-electron chi connectivity index (χ4n) is 2.14. The molecule has 2 aromatic rings. The number of unbranched alkanes of at least 4 members (excludes halogenated alkanes) is 1. The Labute approximate surface area is 108 Å². The number of hydrogen-bond acceptors (Lipinski definition) is 2. The van der Waals surface area contributed by atoms with E-state index >= 15 is 0 Å². The monoisotopic (exact) mass is 244 g/mol. The third kappa shape index (κ3) is 2.40. The van der Waals surface area contributed by atoms with Crippen molar-refractivity contribution in [2.24, 2.45) is 0 Å². The Bertz CT molecular complexity index is 503. The SMILES string of the molecule is CCCCc1nn(-c2ccccc2)c(O)c1CC. The highest BCUT2D eigenvalue weighted by molar-refractivity contribution is 5.40. The molecule has 0 atom stereocenters. The third-order valence-corrected chi connectivity index (χ3v) is 3.16. The molecule has 0 amide bonds. The zero-order chi connectivity index (χ0) is 13.0. The van der Waals surface area contributed by atoms with Gasteiger partial charge in [0.2, 0.25) is 5.88 Å². The molecule has 96 valence electrons. The van der Waals surface area contributed by atoms with Gasteiger partial charge in [0, 0.05) is 5.56 Å². The van der Waals surface area contributed by atoms with Gasteiger partial charge in [-0.25, -0.2) is 4.68 Å². The minimum Gasteiger partial charge on any atom is -0.493 e. The van der Waals surface area contributed by atoms with Gasteiger partial charge in [-0.05, 0) is 31.4 Å². The van der Waals surface area contributed by atoms with Crippen molar-refractivity contribution in [3.63, 3.8) is 0 Å². The first-order chi connectivity index (χ1) is 8.77. The maximum atomic E-state index is 10.3. The number of aromatic hydroxyl groups is 1. The molecule has 0 saturated carbocycles. The molecule has 0 radical (unpaired) electrons. The van der Waals surface area contributed by atoms with Gasteiger partial charge >= 0.3 is 0 Å². The summed E-state index contributed by atoms with van der Waals surface area (Å²) >= 11 is 0. The molecule has 0 aliphatic carbocycles. The molecule has 1 aromatic carbocycles. The van der Waals surface area contributed by atoms with Gasteiger partial charge in [-0.1, -0.05) is 38.5 Å². The molecule has 0 aliphatic heterocycles. The Balaban J connectivity index is 2.40. The van der Waals surface area contributed by atoms with Crippen LogP contribution in [0.1, 0.15) is 37.9 Å². The highest BCUT2D eigenvalue weighted by Crippen LogP contribution is 2.26. The Hall–Kier alpha value is -1.77. The molecule has 3 nitrogen and oxygen atoms in total. The molecular formula is C15H20N2O. The van der Waals surface area contributed by atoms with Crippen LogP contribution in [-0.4, -0.2) is 14.9 Å². The average molecular weight is 244 g/mol. The fraction of sp³-hybridized carbons (Fsp3) is 0.400. The fourth-order valence-corrected chi connectivity index (χ4v) is 2.14. The normalized spacial score (nSPS) is 10.8. The number of nitrogens with zero attached hydrogens (tertiary/aromatic N) is 2. The molecule has 1 N–H and O–H groups in total. The number of benzene rings is 1. The van der Waals surface area contributed by atoms with E-state index in [0.717, 1.165) is 42.6 Å². The molecular weight excluding hydrogens is 224 g/mol. The van der Waals surface area contributed by atoms with Crippen molar-refractivity contribution < 1.29 is 5.11 Å². The Morgan fingerprint density at radius 2 is 1.89 bits per heavy atom. The maximum absolute atomic E-state index is 10.3. The van der Waals surface area contributed by atoms with Crippen molar-refractivity contribution in [2.45, 2.75) is 39.5 Å². The first-order valence-corrected chi connectivity index (χ1v) is 6.63. The summed E-state index contributed by atoms with van der Waals surface area (Å²) in [5.74, 6) is 0.287. The van der Waals surface area contributed by atoms with Gasteiger partial charge in [0.15, 0.2) is 0 Å². The van der Waals surface area contributed by atoms with E-state index in [4.69, 9.17) is 0 Å². The molecule has 1 aromatic heterocycles. The average Bonchev–Trinajstić information content (AvgIpc) is 2.73. The zero-order valence-electron chi connectivity index (χ0n) is 11.1. The topological polar surface area (TPSA) is 38.0 Å². The van der Waals surface area contributed by atoms with E-state index < -0.39 is 0 Å². The lowest BCUT2D eigenvalue weighted by molar-refractivity contribution is 0.428. The molecule has 0 unspecified atom stereocenters. The maximum Gasteiger partial charge on any atom is 0.217 e. The second-order valence-corrected chi connectivity index (χ2v) is 4.45. The lowest BCUT2D eigenvalue weighted by atomic mass is 10.1. The predicted octanol–water partition coefficient (Wildman–Crippen LogP) is 3.48. The summed E-state index contributed by atoms with van der Waals surface area (Å²) in [5.41, 5.74) is 2.92. The Kier molecular flexibility index (Phi) is 4.03. The third-order valence-electron chi connectivity index (χ3n) is 3.16. The van der Waals surface area contributed by atoms with E-state index in [1.54, 1.807) is 4.68 Å². The number of rotatable bonds is 5. The van der Waals surface area contributed by atoms with Crippen LogP contribution in [-0.2, 0) is 12.8 Å². The van der Waals surface area contributed by atoms with Crippen molar-refractivity contribution >= 4 is 0 Å². The van der Waals surface area contributed by atoms with Crippen LogP contribution < -0.4 is 0 Å². The first-order valence-electron chi connectivity index (χ1n) is 6.63. The van der Waals surface area contributed by atoms with Crippen LogP contribution in [0.2, 0.25) is 0 Å². The number of aryl methyl sites for hydroxylation is 1. The van der Waals surface area contributed by atoms with E-state index in [9.17, 15) is 5.11 Å². The van der Waals surface area contributed by atoms with Crippen LogP contribution in [0.5, 0.6) is 5.88 Å². The summed E-state index contributed by atoms with van der Waals surface area (Å²) in [4.78, 5) is 0. The van der Waals surface area contributed by atoms with E-state index in [1.165, 1.54) is 0 Å².